The van der Waals surface area contributed by atoms with Crippen molar-refractivity contribution in [3.8, 4) is 11.1 Å². The van der Waals surface area contributed by atoms with Gasteiger partial charge in [-0.2, -0.15) is 0 Å². The second-order valence-corrected chi connectivity index (χ2v) is 15.2. The fourth-order valence-corrected chi connectivity index (χ4v) is 7.50. The van der Waals surface area contributed by atoms with E-state index >= 15 is 0 Å². The molecule has 270 valence electrons. The number of aromatic nitrogens is 4. The minimum atomic E-state index is -0.609. The number of carbonyl (C=O) groups is 2. The summed E-state index contributed by atoms with van der Waals surface area (Å²) in [5, 5.41) is 14.7. The van der Waals surface area contributed by atoms with Crippen LogP contribution in [0.1, 0.15) is 66.0 Å². The van der Waals surface area contributed by atoms with Gasteiger partial charge >= 0.3 is 6.09 Å². The van der Waals surface area contributed by atoms with Gasteiger partial charge in [-0.3, -0.25) is 19.7 Å². The van der Waals surface area contributed by atoms with Gasteiger partial charge in [0.1, 0.15) is 5.60 Å². The molecule has 0 saturated carbocycles. The second-order valence-electron chi connectivity index (χ2n) is 14.5. The molecular formula is C39H41Cl2N7O4. The molecule has 11 nitrogen and oxygen atoms in total. The molecule has 2 aliphatic rings. The molecule has 13 heteroatoms. The molecule has 2 amide bonds. The van der Waals surface area contributed by atoms with E-state index in [2.05, 4.69) is 26.3 Å². The van der Waals surface area contributed by atoms with Gasteiger partial charge in [-0.1, -0.05) is 53.5 Å². The van der Waals surface area contributed by atoms with Gasteiger partial charge in [0.15, 0.2) is 5.82 Å². The van der Waals surface area contributed by atoms with Crippen molar-refractivity contribution in [3.05, 3.63) is 105 Å². The van der Waals surface area contributed by atoms with Crippen LogP contribution in [0.4, 0.5) is 10.5 Å². The second kappa shape index (κ2) is 14.5. The minimum absolute atomic E-state index is 0.218. The van der Waals surface area contributed by atoms with Gasteiger partial charge in [0.2, 0.25) is 0 Å². The summed E-state index contributed by atoms with van der Waals surface area (Å²) >= 11 is 14.1. The number of carbonyl (C=O) groups excluding carboxylic acids is 2. The molecule has 2 aliphatic heterocycles. The molecular weight excluding hydrogens is 701 g/mol. The number of nitrogens with one attached hydrogen (secondary N) is 1. The Morgan fingerprint density at radius 3 is 2.56 bits per heavy atom. The highest BCUT2D eigenvalue weighted by atomic mass is 35.5. The van der Waals surface area contributed by atoms with E-state index in [1.54, 1.807) is 28.8 Å². The van der Waals surface area contributed by atoms with Crippen molar-refractivity contribution < 1.29 is 19.4 Å². The number of halogens is 2. The Morgan fingerprint density at radius 1 is 1.04 bits per heavy atom. The lowest BCUT2D eigenvalue weighted by atomic mass is 9.99. The summed E-state index contributed by atoms with van der Waals surface area (Å²) in [5.41, 5.74) is 6.32. The Bertz CT molecular complexity index is 2180. The molecule has 3 aromatic heterocycles. The molecule has 0 bridgehead atoms. The van der Waals surface area contributed by atoms with Gasteiger partial charge in [0, 0.05) is 80.7 Å². The average molecular weight is 743 g/mol. The van der Waals surface area contributed by atoms with E-state index in [1.807, 2.05) is 63.4 Å². The molecule has 2 N–H and O–H groups in total. The van der Waals surface area contributed by atoms with Crippen LogP contribution in [-0.4, -0.2) is 77.8 Å². The van der Waals surface area contributed by atoms with E-state index < -0.39 is 17.6 Å². The van der Waals surface area contributed by atoms with Gasteiger partial charge < -0.3 is 24.6 Å². The molecule has 1 atom stereocenters. The van der Waals surface area contributed by atoms with Crippen LogP contribution < -0.4 is 5.32 Å². The van der Waals surface area contributed by atoms with Crippen LogP contribution in [0.2, 0.25) is 10.0 Å². The van der Waals surface area contributed by atoms with Crippen molar-refractivity contribution in [3.63, 3.8) is 0 Å². The number of benzene rings is 2. The Kier molecular flexibility index (Phi) is 9.97. The highest BCUT2D eigenvalue weighted by molar-refractivity contribution is 6.38. The zero-order chi connectivity index (χ0) is 36.7. The largest absolute Gasteiger partial charge is 0.444 e. The van der Waals surface area contributed by atoms with E-state index in [0.717, 1.165) is 58.5 Å². The first-order valence-electron chi connectivity index (χ1n) is 17.4. The molecule has 2 aromatic carbocycles. The van der Waals surface area contributed by atoms with Crippen molar-refractivity contribution >= 4 is 51.8 Å². The van der Waals surface area contributed by atoms with Crippen LogP contribution in [0.3, 0.4) is 0 Å². The van der Waals surface area contributed by atoms with Crippen LogP contribution >= 0.6 is 23.2 Å². The lowest BCUT2D eigenvalue weighted by Gasteiger charge is -2.29. The summed E-state index contributed by atoms with van der Waals surface area (Å²) in [7, 11) is 1.80. The molecule has 7 rings (SSSR count). The number of amides is 2. The molecule has 5 aromatic rings. The maximum Gasteiger partial charge on any atom is 0.410 e. The summed E-state index contributed by atoms with van der Waals surface area (Å²) in [6, 6.07) is 15.3. The number of pyridine rings is 2. The number of likely N-dealkylation sites (tertiary alicyclic amines) is 1. The Labute approximate surface area is 312 Å². The molecule has 0 aliphatic carbocycles. The number of nitrogens with zero attached hydrogens (tertiary/aromatic N) is 6. The van der Waals surface area contributed by atoms with Gasteiger partial charge in [-0.05, 0) is 56.5 Å². The van der Waals surface area contributed by atoms with Crippen LogP contribution in [0, 0.1) is 0 Å². The average Bonchev–Trinajstić information content (AvgIpc) is 3.67. The van der Waals surface area contributed by atoms with Gasteiger partial charge in [0.05, 0.1) is 45.3 Å². The summed E-state index contributed by atoms with van der Waals surface area (Å²) in [4.78, 5) is 44.2. The van der Waals surface area contributed by atoms with Crippen molar-refractivity contribution in [2.45, 2.75) is 64.8 Å². The maximum absolute atomic E-state index is 13.6. The fraction of sp³-hybridized carbons (Fsp3) is 0.359. The standard InChI is InChI=1S/C39H41Cl2N7O4/c1-39(2,3)52-38(51)48-16-13-32-31(22-48)44-36(46(32)4)37(50)45-29-10-6-9-28(34(29)41)27-8-5-7-24(33(27)40)18-30-35-25(11-14-42-30)17-23(19-43-35)20-47-15-12-26(49)21-47/h5-11,14,17,19,26,49H,12-13,15-16,18,20-22H2,1-4H3,(H,45,50)/t26-/m1/s1. The van der Waals surface area contributed by atoms with Gasteiger partial charge in [-0.25, -0.2) is 9.78 Å². The number of fused-ring (bicyclic) bond motifs is 2. The quantitative estimate of drug-likeness (QED) is 0.182. The molecule has 0 spiro atoms. The van der Waals surface area contributed by atoms with Crippen LogP contribution in [0.5, 0.6) is 0 Å². The Morgan fingerprint density at radius 2 is 1.81 bits per heavy atom. The number of hydrogen-bond donors (Lipinski definition) is 2. The number of hydrogen-bond acceptors (Lipinski definition) is 8. The maximum atomic E-state index is 13.6. The van der Waals surface area contributed by atoms with Crippen LogP contribution in [-0.2, 0) is 37.7 Å². The Hall–Kier alpha value is -4.55. The number of aliphatic hydroxyl groups excluding tert-OH is 1. The summed E-state index contributed by atoms with van der Waals surface area (Å²) < 4.78 is 7.31. The van der Waals surface area contributed by atoms with Crippen LogP contribution in [0.15, 0.2) is 60.9 Å². The van der Waals surface area contributed by atoms with Crippen molar-refractivity contribution in [1.29, 1.82) is 0 Å². The normalized spacial score (nSPS) is 16.3. The van der Waals surface area contributed by atoms with Crippen molar-refractivity contribution in [2.24, 2.45) is 7.05 Å². The third-order valence-electron chi connectivity index (χ3n) is 9.47. The van der Waals surface area contributed by atoms with Crippen molar-refractivity contribution in [2.75, 3.05) is 25.0 Å². The first-order chi connectivity index (χ1) is 24.8. The van der Waals surface area contributed by atoms with Gasteiger partial charge in [-0.15, -0.1) is 0 Å². The first kappa shape index (κ1) is 35.8. The number of aliphatic hydroxyl groups is 1. The first-order valence-corrected chi connectivity index (χ1v) is 18.1. The number of imidazole rings is 1. The molecule has 0 radical (unpaired) electrons. The lowest BCUT2D eigenvalue weighted by molar-refractivity contribution is 0.0220. The summed E-state index contributed by atoms with van der Waals surface area (Å²) in [5.74, 6) is -0.203. The van der Waals surface area contributed by atoms with E-state index in [-0.39, 0.29) is 18.5 Å². The Balaban J connectivity index is 1.09. The van der Waals surface area contributed by atoms with E-state index in [1.165, 1.54) is 0 Å². The highest BCUT2D eigenvalue weighted by Gasteiger charge is 2.30. The molecule has 0 unspecified atom stereocenters. The predicted molar refractivity (Wildman–Crippen MR) is 202 cm³/mol. The molecule has 5 heterocycles. The minimum Gasteiger partial charge on any atom is -0.444 e. The molecule has 1 fully saturated rings. The number of anilines is 1. The summed E-state index contributed by atoms with van der Waals surface area (Å²) in [6.45, 7) is 8.50. The van der Waals surface area contributed by atoms with Crippen LogP contribution in [0.25, 0.3) is 22.0 Å². The number of ether oxygens (including phenoxy) is 1. The highest BCUT2D eigenvalue weighted by Crippen LogP contribution is 2.39. The summed E-state index contributed by atoms with van der Waals surface area (Å²) in [6.07, 6.45) is 4.80. The smallest absolute Gasteiger partial charge is 0.410 e. The number of rotatable bonds is 7. The van der Waals surface area contributed by atoms with Crippen molar-refractivity contribution in [1.82, 2.24) is 29.3 Å². The molecule has 1 saturated heterocycles. The zero-order valence-corrected chi connectivity index (χ0v) is 31.1. The fourth-order valence-electron chi connectivity index (χ4n) is 6.93. The predicted octanol–water partition coefficient (Wildman–Crippen LogP) is 7.04. The van der Waals surface area contributed by atoms with E-state index in [0.29, 0.717) is 52.9 Å². The number of β-amino-alcohol motifs (C(OH)–C–C–N with tert-alkyl or cyclic N) is 1. The lowest BCUT2D eigenvalue weighted by Crippen LogP contribution is -2.40. The van der Waals surface area contributed by atoms with E-state index in [4.69, 9.17) is 32.9 Å². The topological polar surface area (TPSA) is 126 Å². The molecule has 52 heavy (non-hydrogen) atoms. The third-order valence-corrected chi connectivity index (χ3v) is 10.3. The zero-order valence-electron chi connectivity index (χ0n) is 29.6. The van der Waals surface area contributed by atoms with Gasteiger partial charge in [0.25, 0.3) is 5.91 Å². The third kappa shape index (κ3) is 7.50. The van der Waals surface area contributed by atoms with E-state index in [9.17, 15) is 14.7 Å². The monoisotopic (exact) mass is 741 g/mol. The SMILES string of the molecule is Cn1c(C(=O)Nc2cccc(-c3cccc(Cc4nccc5cc(CN6CC[C@@H](O)C6)cnc45)c3Cl)c2Cl)nc2c1CCN(C(=O)OC(C)(C)C)C2.